The molecule has 6 heteroatoms. The van der Waals surface area contributed by atoms with Crippen LogP contribution < -0.4 is 0 Å². The van der Waals surface area contributed by atoms with Gasteiger partial charge in [0.05, 0.1) is 10.0 Å². The summed E-state index contributed by atoms with van der Waals surface area (Å²) in [5.41, 5.74) is 0.909. The predicted octanol–water partition coefficient (Wildman–Crippen LogP) is 3.97. The second-order valence-corrected chi connectivity index (χ2v) is 5.42. The van der Waals surface area contributed by atoms with E-state index in [4.69, 9.17) is 5.11 Å². The molecular formula is C13H9BrFNO2S. The van der Waals surface area contributed by atoms with Crippen molar-refractivity contribution >= 4 is 33.7 Å². The van der Waals surface area contributed by atoms with Crippen molar-refractivity contribution in [3.8, 4) is 0 Å². The summed E-state index contributed by atoms with van der Waals surface area (Å²) >= 11 is 4.44. The number of carboxylic acids is 1. The van der Waals surface area contributed by atoms with Crippen LogP contribution in [0.25, 0.3) is 0 Å². The average molecular weight is 342 g/mol. The number of aromatic nitrogens is 1. The van der Waals surface area contributed by atoms with E-state index in [9.17, 15) is 9.18 Å². The van der Waals surface area contributed by atoms with Gasteiger partial charge in [0.2, 0.25) is 0 Å². The van der Waals surface area contributed by atoms with Crippen LogP contribution in [0.2, 0.25) is 0 Å². The Balaban J connectivity index is 2.19. The van der Waals surface area contributed by atoms with Crippen LogP contribution in [0, 0.1) is 5.82 Å². The molecule has 0 fully saturated rings. The topological polar surface area (TPSA) is 50.2 Å². The Kier molecular flexibility index (Phi) is 4.55. The van der Waals surface area contributed by atoms with Crippen LogP contribution in [0.15, 0.2) is 46.0 Å². The monoisotopic (exact) mass is 341 g/mol. The van der Waals surface area contributed by atoms with Crippen molar-refractivity contribution in [2.75, 3.05) is 0 Å². The number of pyridine rings is 1. The lowest BCUT2D eigenvalue weighted by Crippen LogP contribution is -2.00. The number of hydrogen-bond donors (Lipinski definition) is 1. The van der Waals surface area contributed by atoms with Crippen LogP contribution in [-0.2, 0) is 5.75 Å². The van der Waals surface area contributed by atoms with E-state index < -0.39 is 5.97 Å². The molecule has 0 saturated carbocycles. The van der Waals surface area contributed by atoms with Crippen molar-refractivity contribution < 1.29 is 14.3 Å². The van der Waals surface area contributed by atoms with Gasteiger partial charge < -0.3 is 5.11 Å². The molecule has 1 aromatic heterocycles. The van der Waals surface area contributed by atoms with Gasteiger partial charge in [-0.15, -0.1) is 11.8 Å². The molecule has 0 amide bonds. The highest BCUT2D eigenvalue weighted by atomic mass is 79.9. The Hall–Kier alpha value is -1.40. The molecule has 0 spiro atoms. The Labute approximate surface area is 122 Å². The van der Waals surface area contributed by atoms with Crippen molar-refractivity contribution in [1.29, 1.82) is 0 Å². The third-order valence-electron chi connectivity index (χ3n) is 2.40. The van der Waals surface area contributed by atoms with Crippen LogP contribution in [0.3, 0.4) is 0 Å². The first-order valence-corrected chi connectivity index (χ1v) is 7.11. The number of nitrogens with zero attached hydrogens (tertiary/aromatic N) is 1. The van der Waals surface area contributed by atoms with Gasteiger partial charge in [-0.3, -0.25) is 0 Å². The predicted molar refractivity (Wildman–Crippen MR) is 74.9 cm³/mol. The number of thioether (sulfide) groups is 1. The Bertz CT molecular complexity index is 621. The van der Waals surface area contributed by atoms with Gasteiger partial charge >= 0.3 is 5.97 Å². The van der Waals surface area contributed by atoms with Gasteiger partial charge in [0.1, 0.15) is 10.8 Å². The van der Waals surface area contributed by atoms with E-state index in [1.807, 2.05) is 0 Å². The molecule has 0 radical (unpaired) electrons. The van der Waals surface area contributed by atoms with Crippen LogP contribution in [0.4, 0.5) is 4.39 Å². The minimum atomic E-state index is -1.02. The zero-order valence-corrected chi connectivity index (χ0v) is 12.0. The second kappa shape index (κ2) is 6.16. The van der Waals surface area contributed by atoms with Gasteiger partial charge in [-0.25, -0.2) is 14.2 Å². The minimum absolute atomic E-state index is 0.153. The molecule has 0 aliphatic heterocycles. The first-order valence-electron chi connectivity index (χ1n) is 5.33. The van der Waals surface area contributed by atoms with Gasteiger partial charge in [-0.2, -0.15) is 0 Å². The fourth-order valence-corrected chi connectivity index (χ4v) is 3.04. The summed E-state index contributed by atoms with van der Waals surface area (Å²) in [5, 5.41) is 9.46. The summed E-state index contributed by atoms with van der Waals surface area (Å²) in [6.45, 7) is 0. The molecule has 1 heterocycles. The third kappa shape index (κ3) is 3.33. The lowest BCUT2D eigenvalue weighted by Gasteiger charge is -2.06. The maximum absolute atomic E-state index is 13.3. The summed E-state index contributed by atoms with van der Waals surface area (Å²) < 4.78 is 13.7. The highest BCUT2D eigenvalue weighted by Crippen LogP contribution is 2.29. The minimum Gasteiger partial charge on any atom is -0.478 e. The lowest BCUT2D eigenvalue weighted by atomic mass is 10.2. The molecule has 98 valence electrons. The second-order valence-electron chi connectivity index (χ2n) is 3.66. The molecule has 19 heavy (non-hydrogen) atoms. The van der Waals surface area contributed by atoms with E-state index in [-0.39, 0.29) is 11.4 Å². The maximum atomic E-state index is 13.3. The number of aromatic carboxylic acids is 1. The van der Waals surface area contributed by atoms with Gasteiger partial charge in [0, 0.05) is 11.9 Å². The van der Waals surface area contributed by atoms with Gasteiger partial charge in [0.15, 0.2) is 0 Å². The number of hydrogen-bond acceptors (Lipinski definition) is 3. The highest BCUT2D eigenvalue weighted by molar-refractivity contribution is 9.10. The number of carboxylic acid groups (broad SMARTS) is 1. The van der Waals surface area contributed by atoms with E-state index in [0.717, 1.165) is 5.56 Å². The molecule has 0 bridgehead atoms. The molecule has 1 aromatic carbocycles. The van der Waals surface area contributed by atoms with Crippen LogP contribution in [-0.4, -0.2) is 16.1 Å². The van der Waals surface area contributed by atoms with E-state index in [1.54, 1.807) is 18.2 Å². The van der Waals surface area contributed by atoms with Crippen LogP contribution in [0.1, 0.15) is 15.9 Å². The molecule has 0 saturated heterocycles. The van der Waals surface area contributed by atoms with Crippen molar-refractivity contribution in [2.45, 2.75) is 10.8 Å². The standard InChI is InChI=1S/C13H9BrFNO2S/c14-11-8(3-1-5-10(11)15)7-19-12-9(13(17)18)4-2-6-16-12/h1-6H,7H2,(H,17,18). The van der Waals surface area contributed by atoms with E-state index >= 15 is 0 Å². The van der Waals surface area contributed by atoms with E-state index in [0.29, 0.717) is 15.3 Å². The van der Waals surface area contributed by atoms with Crippen molar-refractivity contribution in [2.24, 2.45) is 0 Å². The fourth-order valence-electron chi connectivity index (χ4n) is 1.47. The van der Waals surface area contributed by atoms with Crippen LogP contribution in [0.5, 0.6) is 0 Å². The quantitative estimate of drug-likeness (QED) is 0.854. The third-order valence-corrected chi connectivity index (χ3v) is 4.34. The highest BCUT2D eigenvalue weighted by Gasteiger charge is 2.12. The molecule has 2 aromatic rings. The Morgan fingerprint density at radius 1 is 1.37 bits per heavy atom. The molecule has 0 aliphatic rings. The van der Waals surface area contributed by atoms with Gasteiger partial charge in [-0.05, 0) is 39.7 Å². The molecule has 2 rings (SSSR count). The van der Waals surface area contributed by atoms with Crippen LogP contribution >= 0.6 is 27.7 Å². The van der Waals surface area contributed by atoms with Gasteiger partial charge in [0.25, 0.3) is 0 Å². The average Bonchev–Trinajstić information content (AvgIpc) is 2.40. The number of carbonyl (C=O) groups is 1. The molecule has 0 atom stereocenters. The molecule has 0 unspecified atom stereocenters. The smallest absolute Gasteiger partial charge is 0.338 e. The Morgan fingerprint density at radius 2 is 2.16 bits per heavy atom. The molecule has 3 nitrogen and oxygen atoms in total. The summed E-state index contributed by atoms with van der Waals surface area (Å²) in [4.78, 5) is 15.1. The molecular weight excluding hydrogens is 333 g/mol. The maximum Gasteiger partial charge on any atom is 0.338 e. The first-order chi connectivity index (χ1) is 9.09. The fraction of sp³-hybridized carbons (Fsp3) is 0.0769. The normalized spacial score (nSPS) is 10.4. The lowest BCUT2D eigenvalue weighted by molar-refractivity contribution is 0.0692. The Morgan fingerprint density at radius 3 is 2.89 bits per heavy atom. The number of rotatable bonds is 4. The SMILES string of the molecule is O=C(O)c1cccnc1SCc1cccc(F)c1Br. The summed E-state index contributed by atoms with van der Waals surface area (Å²) in [5.74, 6) is -0.915. The zero-order valence-electron chi connectivity index (χ0n) is 9.64. The largest absolute Gasteiger partial charge is 0.478 e. The summed E-state index contributed by atoms with van der Waals surface area (Å²) in [7, 11) is 0. The van der Waals surface area contributed by atoms with Crippen molar-refractivity contribution in [3.63, 3.8) is 0 Å². The number of benzene rings is 1. The van der Waals surface area contributed by atoms with Crippen molar-refractivity contribution in [3.05, 3.63) is 57.9 Å². The first kappa shape index (κ1) is 14.0. The number of halogens is 2. The van der Waals surface area contributed by atoms with Crippen molar-refractivity contribution in [1.82, 2.24) is 4.98 Å². The zero-order chi connectivity index (χ0) is 13.8. The molecule has 0 aliphatic carbocycles. The van der Waals surface area contributed by atoms with E-state index in [2.05, 4.69) is 20.9 Å². The van der Waals surface area contributed by atoms with E-state index in [1.165, 1.54) is 30.1 Å². The van der Waals surface area contributed by atoms with Gasteiger partial charge in [-0.1, -0.05) is 12.1 Å². The molecule has 1 N–H and O–H groups in total. The summed E-state index contributed by atoms with van der Waals surface area (Å²) in [6.07, 6.45) is 1.54. The summed E-state index contributed by atoms with van der Waals surface area (Å²) in [6, 6.07) is 7.83.